The van der Waals surface area contributed by atoms with Gasteiger partial charge in [0.1, 0.15) is 11.9 Å². The van der Waals surface area contributed by atoms with Gasteiger partial charge in [0.15, 0.2) is 0 Å². The third kappa shape index (κ3) is 4.39. The van der Waals surface area contributed by atoms with Gasteiger partial charge in [0.2, 0.25) is 0 Å². The Morgan fingerprint density at radius 2 is 1.91 bits per heavy atom. The number of likely N-dealkylation sites (tertiary alicyclic amines) is 1. The SMILES string of the molecule is C[C@H](O)C#Cc1ccc2c(=O)n(-c3ccc(N4CC[C@@H](N5CCCC5)C4)c(F)c3)ccc2c1. The van der Waals surface area contributed by atoms with Crippen LogP contribution in [0, 0.1) is 17.7 Å². The van der Waals surface area contributed by atoms with Crippen LogP contribution in [0.4, 0.5) is 10.1 Å². The van der Waals surface area contributed by atoms with Crippen LogP contribution in [-0.4, -0.2) is 52.9 Å². The lowest BCUT2D eigenvalue weighted by Crippen LogP contribution is -2.35. The maximum Gasteiger partial charge on any atom is 0.262 e. The van der Waals surface area contributed by atoms with E-state index in [1.54, 1.807) is 31.3 Å². The Kier molecular flexibility index (Phi) is 5.92. The van der Waals surface area contributed by atoms with Gasteiger partial charge in [0.25, 0.3) is 5.56 Å². The van der Waals surface area contributed by atoms with E-state index in [4.69, 9.17) is 0 Å². The smallest absolute Gasteiger partial charge is 0.262 e. The summed E-state index contributed by atoms with van der Waals surface area (Å²) in [5.41, 5.74) is 1.64. The molecule has 0 radical (unpaired) electrons. The van der Waals surface area contributed by atoms with E-state index in [1.165, 1.54) is 23.5 Å². The van der Waals surface area contributed by atoms with Crippen molar-refractivity contribution in [3.8, 4) is 17.5 Å². The van der Waals surface area contributed by atoms with Crippen molar-refractivity contribution in [1.29, 1.82) is 0 Å². The minimum atomic E-state index is -0.710. The van der Waals surface area contributed by atoms with Crippen LogP contribution in [-0.2, 0) is 0 Å². The van der Waals surface area contributed by atoms with Crippen LogP contribution in [0.1, 0.15) is 31.7 Å². The van der Waals surface area contributed by atoms with Crippen molar-refractivity contribution in [2.45, 2.75) is 38.3 Å². The molecule has 0 amide bonds. The van der Waals surface area contributed by atoms with Crippen LogP contribution in [0.2, 0.25) is 0 Å². The molecule has 2 aromatic carbocycles. The molecule has 0 saturated carbocycles. The highest BCUT2D eigenvalue weighted by molar-refractivity contribution is 5.83. The lowest BCUT2D eigenvalue weighted by atomic mass is 10.1. The maximum absolute atomic E-state index is 15.1. The fourth-order valence-corrected chi connectivity index (χ4v) is 4.98. The zero-order chi connectivity index (χ0) is 22.9. The Balaban J connectivity index is 1.40. The molecular formula is C27H28FN3O2. The molecule has 2 fully saturated rings. The molecule has 2 aliphatic rings. The van der Waals surface area contributed by atoms with E-state index in [1.807, 2.05) is 18.2 Å². The number of hydrogen-bond donors (Lipinski definition) is 1. The van der Waals surface area contributed by atoms with E-state index in [9.17, 15) is 9.90 Å². The number of anilines is 1. The van der Waals surface area contributed by atoms with Crippen LogP contribution in [0.25, 0.3) is 16.5 Å². The van der Waals surface area contributed by atoms with Crippen LogP contribution >= 0.6 is 0 Å². The van der Waals surface area contributed by atoms with Crippen molar-refractivity contribution in [3.05, 3.63) is 70.4 Å². The number of fused-ring (bicyclic) bond motifs is 1. The third-order valence-electron chi connectivity index (χ3n) is 6.70. The Morgan fingerprint density at radius 1 is 1.09 bits per heavy atom. The number of pyridine rings is 1. The summed E-state index contributed by atoms with van der Waals surface area (Å²) in [6.45, 7) is 5.62. The van der Waals surface area contributed by atoms with Crippen molar-refractivity contribution in [3.63, 3.8) is 0 Å². The number of rotatable bonds is 3. The minimum Gasteiger partial charge on any atom is -0.381 e. The molecule has 0 unspecified atom stereocenters. The minimum absolute atomic E-state index is 0.204. The summed E-state index contributed by atoms with van der Waals surface area (Å²) in [7, 11) is 0. The molecule has 1 aromatic heterocycles. The van der Waals surface area contributed by atoms with Gasteiger partial charge in [-0.15, -0.1) is 0 Å². The molecule has 0 aliphatic carbocycles. The van der Waals surface area contributed by atoms with Crippen LogP contribution in [0.15, 0.2) is 53.5 Å². The Labute approximate surface area is 193 Å². The second-order valence-electron chi connectivity index (χ2n) is 9.01. The number of aliphatic hydroxyl groups is 1. The highest BCUT2D eigenvalue weighted by Gasteiger charge is 2.30. The summed E-state index contributed by atoms with van der Waals surface area (Å²) >= 11 is 0. The summed E-state index contributed by atoms with van der Waals surface area (Å²) < 4.78 is 16.6. The van der Waals surface area contributed by atoms with E-state index in [2.05, 4.69) is 21.6 Å². The first-order valence-corrected chi connectivity index (χ1v) is 11.6. The van der Waals surface area contributed by atoms with Gasteiger partial charge < -0.3 is 10.0 Å². The molecule has 33 heavy (non-hydrogen) atoms. The molecule has 2 aliphatic heterocycles. The van der Waals surface area contributed by atoms with Gasteiger partial charge in [-0.05, 0) is 81.1 Å². The Morgan fingerprint density at radius 3 is 2.67 bits per heavy atom. The monoisotopic (exact) mass is 445 g/mol. The average molecular weight is 446 g/mol. The van der Waals surface area contributed by atoms with Crippen molar-refractivity contribution in [1.82, 2.24) is 9.47 Å². The zero-order valence-corrected chi connectivity index (χ0v) is 18.8. The first kappa shape index (κ1) is 21.7. The topological polar surface area (TPSA) is 48.7 Å². The van der Waals surface area contributed by atoms with Crippen molar-refractivity contribution in [2.24, 2.45) is 0 Å². The van der Waals surface area contributed by atoms with Crippen LogP contribution in [0.3, 0.4) is 0 Å². The third-order valence-corrected chi connectivity index (χ3v) is 6.70. The van der Waals surface area contributed by atoms with Gasteiger partial charge in [-0.2, -0.15) is 0 Å². The molecule has 2 atom stereocenters. The number of aliphatic hydroxyl groups excluding tert-OH is 1. The number of nitrogens with zero attached hydrogens (tertiary/aromatic N) is 3. The molecular weight excluding hydrogens is 417 g/mol. The lowest BCUT2D eigenvalue weighted by molar-refractivity contribution is 0.253. The van der Waals surface area contributed by atoms with Gasteiger partial charge in [-0.25, -0.2) is 4.39 Å². The van der Waals surface area contributed by atoms with E-state index >= 15 is 4.39 Å². The fraction of sp³-hybridized carbons (Fsp3) is 0.370. The number of aromatic nitrogens is 1. The molecule has 5 rings (SSSR count). The zero-order valence-electron chi connectivity index (χ0n) is 18.8. The summed E-state index contributed by atoms with van der Waals surface area (Å²) in [4.78, 5) is 17.8. The van der Waals surface area contributed by atoms with Crippen LogP contribution in [0.5, 0.6) is 0 Å². The molecule has 6 heteroatoms. The molecule has 5 nitrogen and oxygen atoms in total. The molecule has 3 heterocycles. The van der Waals surface area contributed by atoms with E-state index < -0.39 is 6.10 Å². The largest absolute Gasteiger partial charge is 0.381 e. The molecule has 3 aromatic rings. The Hall–Kier alpha value is -3.14. The summed E-state index contributed by atoms with van der Waals surface area (Å²) in [6, 6.07) is 12.7. The average Bonchev–Trinajstić information content (AvgIpc) is 3.50. The quantitative estimate of drug-likeness (QED) is 0.627. The van der Waals surface area contributed by atoms with E-state index in [0.29, 0.717) is 22.8 Å². The van der Waals surface area contributed by atoms with Gasteiger partial charge in [-0.1, -0.05) is 11.8 Å². The number of hydrogen-bond acceptors (Lipinski definition) is 4. The van der Waals surface area contributed by atoms with E-state index in [0.717, 1.165) is 43.5 Å². The summed E-state index contributed by atoms with van der Waals surface area (Å²) in [5, 5.41) is 10.6. The standard InChI is InChI=1S/C27H28FN3O2/c1-19(32)4-5-20-6-8-24-21(16-20)10-15-31(27(24)33)22-7-9-26(25(28)17-22)30-14-11-23(18-30)29-12-2-3-13-29/h6-10,15-17,19,23,32H,2-3,11-14,18H2,1H3/t19-,23+/m0/s1. The second kappa shape index (κ2) is 9.01. The predicted molar refractivity (Wildman–Crippen MR) is 129 cm³/mol. The number of halogens is 1. The second-order valence-corrected chi connectivity index (χ2v) is 9.01. The molecule has 1 N–H and O–H groups in total. The molecule has 2 saturated heterocycles. The van der Waals surface area contributed by atoms with Crippen molar-refractivity contribution in [2.75, 3.05) is 31.1 Å². The molecule has 0 spiro atoms. The summed E-state index contributed by atoms with van der Waals surface area (Å²) in [5.74, 6) is 5.30. The van der Waals surface area contributed by atoms with Crippen molar-refractivity contribution >= 4 is 16.5 Å². The van der Waals surface area contributed by atoms with Gasteiger partial charge >= 0.3 is 0 Å². The lowest BCUT2D eigenvalue weighted by Gasteiger charge is -2.25. The molecule has 0 bridgehead atoms. The number of benzene rings is 2. The first-order chi connectivity index (χ1) is 16.0. The van der Waals surface area contributed by atoms with Gasteiger partial charge in [0, 0.05) is 42.3 Å². The van der Waals surface area contributed by atoms with Gasteiger partial charge in [-0.3, -0.25) is 14.3 Å². The van der Waals surface area contributed by atoms with Gasteiger partial charge in [0.05, 0.1) is 11.4 Å². The fourth-order valence-electron chi connectivity index (χ4n) is 4.98. The molecule has 170 valence electrons. The normalized spacial score (nSPS) is 19.6. The maximum atomic E-state index is 15.1. The highest BCUT2D eigenvalue weighted by Crippen LogP contribution is 2.28. The first-order valence-electron chi connectivity index (χ1n) is 11.6. The Bertz CT molecular complexity index is 1300. The van der Waals surface area contributed by atoms with Crippen LogP contribution < -0.4 is 10.5 Å². The van der Waals surface area contributed by atoms with Crippen molar-refractivity contribution < 1.29 is 9.50 Å². The predicted octanol–water partition coefficient (Wildman–Crippen LogP) is 3.54. The highest BCUT2D eigenvalue weighted by atomic mass is 19.1. The van der Waals surface area contributed by atoms with E-state index in [-0.39, 0.29) is 11.4 Å². The summed E-state index contributed by atoms with van der Waals surface area (Å²) in [6.07, 6.45) is 4.55.